The zero-order chi connectivity index (χ0) is 21.1. The van der Waals surface area contributed by atoms with Crippen LogP contribution in [0.5, 0.6) is 0 Å². The number of rotatable bonds is 7. The Labute approximate surface area is 174 Å². The SMILES string of the molecule is CCCCc1nc(-c2cccc(F)c2)c(C(=O)O)n1Cc1cccc2ccccc12. The number of carbonyl (C=O) groups is 1. The summed E-state index contributed by atoms with van der Waals surface area (Å²) in [6, 6.07) is 20.0. The van der Waals surface area contributed by atoms with Crippen LogP contribution in [0.3, 0.4) is 0 Å². The lowest BCUT2D eigenvalue weighted by Gasteiger charge is -2.13. The highest BCUT2D eigenvalue weighted by atomic mass is 19.1. The molecule has 4 aromatic rings. The van der Waals surface area contributed by atoms with E-state index >= 15 is 0 Å². The van der Waals surface area contributed by atoms with Gasteiger partial charge in [0.2, 0.25) is 0 Å². The van der Waals surface area contributed by atoms with E-state index in [1.807, 2.05) is 42.5 Å². The fourth-order valence-corrected chi connectivity index (χ4v) is 3.85. The third kappa shape index (κ3) is 3.83. The number of aryl methyl sites for hydroxylation is 1. The van der Waals surface area contributed by atoms with Crippen LogP contribution < -0.4 is 0 Å². The minimum Gasteiger partial charge on any atom is -0.477 e. The fraction of sp³-hybridized carbons (Fsp3) is 0.200. The summed E-state index contributed by atoms with van der Waals surface area (Å²) in [6.07, 6.45) is 2.53. The van der Waals surface area contributed by atoms with E-state index in [1.165, 1.54) is 12.1 Å². The van der Waals surface area contributed by atoms with Crippen molar-refractivity contribution in [2.75, 3.05) is 0 Å². The fourth-order valence-electron chi connectivity index (χ4n) is 3.85. The van der Waals surface area contributed by atoms with Crippen molar-refractivity contribution in [3.8, 4) is 11.3 Å². The van der Waals surface area contributed by atoms with Crippen LogP contribution in [-0.2, 0) is 13.0 Å². The number of nitrogens with zero attached hydrogens (tertiary/aromatic N) is 2. The maximum atomic E-state index is 13.8. The zero-order valence-corrected chi connectivity index (χ0v) is 16.8. The molecule has 1 heterocycles. The molecule has 152 valence electrons. The summed E-state index contributed by atoms with van der Waals surface area (Å²) in [7, 11) is 0. The van der Waals surface area contributed by atoms with E-state index in [0.717, 1.165) is 29.2 Å². The number of aromatic nitrogens is 2. The first-order chi connectivity index (χ1) is 14.6. The highest BCUT2D eigenvalue weighted by Gasteiger charge is 2.24. The molecule has 0 amide bonds. The lowest BCUT2D eigenvalue weighted by molar-refractivity contribution is 0.0686. The highest BCUT2D eigenvalue weighted by molar-refractivity contribution is 5.93. The van der Waals surface area contributed by atoms with Crippen molar-refractivity contribution in [2.24, 2.45) is 0 Å². The second-order valence-electron chi connectivity index (χ2n) is 7.37. The van der Waals surface area contributed by atoms with Gasteiger partial charge < -0.3 is 9.67 Å². The Kier molecular flexibility index (Phi) is 5.61. The van der Waals surface area contributed by atoms with Gasteiger partial charge in [0, 0.05) is 12.0 Å². The van der Waals surface area contributed by atoms with Gasteiger partial charge in [0.05, 0.1) is 6.54 Å². The number of halogens is 1. The molecule has 0 fully saturated rings. The van der Waals surface area contributed by atoms with Crippen molar-refractivity contribution in [2.45, 2.75) is 32.7 Å². The number of carboxylic acid groups (broad SMARTS) is 1. The topological polar surface area (TPSA) is 55.1 Å². The van der Waals surface area contributed by atoms with Crippen LogP contribution in [0.1, 0.15) is 41.6 Å². The molecule has 5 heteroatoms. The number of hydrogen-bond donors (Lipinski definition) is 1. The number of aromatic carboxylic acids is 1. The van der Waals surface area contributed by atoms with E-state index < -0.39 is 11.8 Å². The molecule has 4 nitrogen and oxygen atoms in total. The summed E-state index contributed by atoms with van der Waals surface area (Å²) in [5, 5.41) is 12.2. The van der Waals surface area contributed by atoms with Gasteiger partial charge in [-0.2, -0.15) is 0 Å². The second kappa shape index (κ2) is 8.49. The Morgan fingerprint density at radius 1 is 1.07 bits per heavy atom. The van der Waals surface area contributed by atoms with Crippen LogP contribution in [0.15, 0.2) is 66.7 Å². The van der Waals surface area contributed by atoms with Crippen LogP contribution in [0.2, 0.25) is 0 Å². The van der Waals surface area contributed by atoms with Gasteiger partial charge >= 0.3 is 5.97 Å². The van der Waals surface area contributed by atoms with Gasteiger partial charge in [-0.05, 0) is 34.9 Å². The average molecular weight is 402 g/mol. The molecule has 30 heavy (non-hydrogen) atoms. The molecule has 0 spiro atoms. The van der Waals surface area contributed by atoms with Gasteiger partial charge in [0.25, 0.3) is 0 Å². The minimum atomic E-state index is -1.07. The molecule has 0 unspecified atom stereocenters. The molecular formula is C25H23FN2O2. The van der Waals surface area contributed by atoms with Gasteiger partial charge in [-0.25, -0.2) is 14.2 Å². The third-order valence-electron chi connectivity index (χ3n) is 5.31. The molecule has 1 aromatic heterocycles. The largest absolute Gasteiger partial charge is 0.477 e. The van der Waals surface area contributed by atoms with Crippen LogP contribution in [-0.4, -0.2) is 20.6 Å². The Hall–Kier alpha value is -3.47. The van der Waals surface area contributed by atoms with Crippen molar-refractivity contribution < 1.29 is 14.3 Å². The number of benzene rings is 3. The molecule has 0 atom stereocenters. The molecule has 0 radical (unpaired) electrons. The zero-order valence-electron chi connectivity index (χ0n) is 16.8. The Morgan fingerprint density at radius 2 is 1.83 bits per heavy atom. The monoisotopic (exact) mass is 402 g/mol. The van der Waals surface area contributed by atoms with Gasteiger partial charge in [-0.15, -0.1) is 0 Å². The number of carboxylic acids is 1. The van der Waals surface area contributed by atoms with E-state index in [0.29, 0.717) is 30.0 Å². The summed E-state index contributed by atoms with van der Waals surface area (Å²) >= 11 is 0. The molecule has 3 aromatic carbocycles. The van der Waals surface area contributed by atoms with E-state index in [1.54, 1.807) is 16.7 Å². The van der Waals surface area contributed by atoms with E-state index in [-0.39, 0.29) is 5.69 Å². The quantitative estimate of drug-likeness (QED) is 0.417. The Balaban J connectivity index is 1.89. The van der Waals surface area contributed by atoms with Crippen LogP contribution in [0, 0.1) is 5.82 Å². The molecular weight excluding hydrogens is 379 g/mol. The van der Waals surface area contributed by atoms with Crippen LogP contribution >= 0.6 is 0 Å². The predicted octanol–water partition coefficient (Wildman–Crippen LogP) is 5.93. The van der Waals surface area contributed by atoms with Gasteiger partial charge in [-0.3, -0.25) is 0 Å². The van der Waals surface area contributed by atoms with Crippen molar-refractivity contribution in [3.05, 3.63) is 89.6 Å². The normalized spacial score (nSPS) is 11.1. The van der Waals surface area contributed by atoms with Crippen molar-refractivity contribution in [1.29, 1.82) is 0 Å². The van der Waals surface area contributed by atoms with Crippen molar-refractivity contribution in [1.82, 2.24) is 9.55 Å². The molecule has 0 aliphatic heterocycles. The molecule has 0 saturated heterocycles. The summed E-state index contributed by atoms with van der Waals surface area (Å²) in [4.78, 5) is 17.0. The molecule has 4 rings (SSSR count). The molecule has 1 N–H and O–H groups in total. The molecule has 0 aliphatic rings. The second-order valence-corrected chi connectivity index (χ2v) is 7.37. The van der Waals surface area contributed by atoms with E-state index in [4.69, 9.17) is 0 Å². The van der Waals surface area contributed by atoms with Gasteiger partial charge in [0.1, 0.15) is 17.3 Å². The van der Waals surface area contributed by atoms with Crippen molar-refractivity contribution >= 4 is 16.7 Å². The van der Waals surface area contributed by atoms with Crippen molar-refractivity contribution in [3.63, 3.8) is 0 Å². The predicted molar refractivity (Wildman–Crippen MR) is 116 cm³/mol. The summed E-state index contributed by atoms with van der Waals surface area (Å²) < 4.78 is 15.6. The Morgan fingerprint density at radius 3 is 2.60 bits per heavy atom. The number of fused-ring (bicyclic) bond motifs is 1. The molecule has 0 aliphatic carbocycles. The van der Waals surface area contributed by atoms with E-state index in [9.17, 15) is 14.3 Å². The van der Waals surface area contributed by atoms with Gasteiger partial charge in [0.15, 0.2) is 5.69 Å². The number of imidazole rings is 1. The summed E-state index contributed by atoms with van der Waals surface area (Å²) in [5.41, 5.74) is 1.91. The lowest BCUT2D eigenvalue weighted by atomic mass is 10.0. The highest BCUT2D eigenvalue weighted by Crippen LogP contribution is 2.28. The Bertz CT molecular complexity index is 1210. The van der Waals surface area contributed by atoms with Gasteiger partial charge in [-0.1, -0.05) is 67.9 Å². The van der Waals surface area contributed by atoms with Crippen LogP contribution in [0.4, 0.5) is 4.39 Å². The first-order valence-corrected chi connectivity index (χ1v) is 10.1. The van der Waals surface area contributed by atoms with Crippen LogP contribution in [0.25, 0.3) is 22.0 Å². The summed E-state index contributed by atoms with van der Waals surface area (Å²) in [5.74, 6) is -0.770. The number of unbranched alkanes of at least 4 members (excludes halogenated alkanes) is 1. The van der Waals surface area contributed by atoms with E-state index in [2.05, 4.69) is 11.9 Å². The standard InChI is InChI=1S/C25H23FN2O2/c1-2-3-14-22-27-23(18-10-7-12-20(26)15-18)24(25(29)30)28(22)16-19-11-6-9-17-8-4-5-13-21(17)19/h4-13,15H,2-3,14,16H2,1H3,(H,29,30). The average Bonchev–Trinajstić information content (AvgIpc) is 3.11. The minimum absolute atomic E-state index is 0.0969. The number of hydrogen-bond acceptors (Lipinski definition) is 2. The maximum Gasteiger partial charge on any atom is 0.354 e. The molecule has 0 bridgehead atoms. The smallest absolute Gasteiger partial charge is 0.354 e. The molecule has 0 saturated carbocycles. The first kappa shape index (κ1) is 19.8. The maximum absolute atomic E-state index is 13.8. The lowest BCUT2D eigenvalue weighted by Crippen LogP contribution is -2.13. The first-order valence-electron chi connectivity index (χ1n) is 10.1. The summed E-state index contributed by atoms with van der Waals surface area (Å²) in [6.45, 7) is 2.48. The third-order valence-corrected chi connectivity index (χ3v) is 5.31.